The van der Waals surface area contributed by atoms with Crippen LogP contribution in [-0.2, 0) is 11.3 Å². The van der Waals surface area contributed by atoms with Crippen LogP contribution in [0.3, 0.4) is 0 Å². The van der Waals surface area contributed by atoms with E-state index in [1.165, 1.54) is 0 Å². The lowest BCUT2D eigenvalue weighted by Gasteiger charge is -2.20. The molecule has 2 aromatic carbocycles. The predicted molar refractivity (Wildman–Crippen MR) is 117 cm³/mol. The van der Waals surface area contributed by atoms with Crippen molar-refractivity contribution in [3.63, 3.8) is 0 Å². The number of nitrogens with one attached hydrogen (secondary N) is 1. The molecule has 7 heteroatoms. The van der Waals surface area contributed by atoms with Crippen LogP contribution in [0.2, 0.25) is 0 Å². The maximum absolute atomic E-state index is 6.12. The summed E-state index contributed by atoms with van der Waals surface area (Å²) >= 11 is 0. The Bertz CT molecular complexity index is 818. The van der Waals surface area contributed by atoms with Gasteiger partial charge in [0.05, 0.1) is 20.8 Å². The number of benzene rings is 2. The largest absolute Gasteiger partial charge is 0.497 e. The Balaban J connectivity index is 1.59. The minimum atomic E-state index is 0.426. The van der Waals surface area contributed by atoms with E-state index in [2.05, 4.69) is 15.2 Å². The van der Waals surface area contributed by atoms with Crippen molar-refractivity contribution >= 4 is 17.3 Å². The van der Waals surface area contributed by atoms with Crippen LogP contribution in [0.5, 0.6) is 11.5 Å². The first kappa shape index (κ1) is 20.8. The molecule has 0 bridgehead atoms. The molecule has 7 nitrogen and oxygen atoms in total. The smallest absolute Gasteiger partial charge is 0.193 e. The average Bonchev–Trinajstić information content (AvgIpc) is 3.22. The molecule has 3 rings (SSSR count). The Kier molecular flexibility index (Phi) is 7.19. The average molecular weight is 399 g/mol. The molecule has 1 atom stereocenters. The second-order valence-electron chi connectivity index (χ2n) is 7.11. The fourth-order valence-electron chi connectivity index (χ4n) is 3.52. The molecule has 0 amide bonds. The van der Waals surface area contributed by atoms with Crippen molar-refractivity contribution < 1.29 is 14.2 Å². The van der Waals surface area contributed by atoms with Gasteiger partial charge in [-0.2, -0.15) is 0 Å². The number of ether oxygens (including phenoxy) is 3. The molecule has 0 saturated carbocycles. The number of methoxy groups -OCH3 is 3. The summed E-state index contributed by atoms with van der Waals surface area (Å²) in [7, 11) is 5.01. The lowest BCUT2D eigenvalue weighted by atomic mass is 10.1. The van der Waals surface area contributed by atoms with Gasteiger partial charge in [0.15, 0.2) is 5.96 Å². The summed E-state index contributed by atoms with van der Waals surface area (Å²) in [6.45, 7) is 3.11. The number of aliphatic imine (C=N–C) groups is 1. The van der Waals surface area contributed by atoms with Crippen molar-refractivity contribution in [2.45, 2.75) is 13.0 Å². The molecule has 1 heterocycles. The maximum atomic E-state index is 6.12. The standard InChI is InChI=1S/C22H30N4O3/c1-27-15-17-6-4-5-7-21(17)25-22(23)24-13-16-8-9-26(14-16)18-10-19(28-2)12-20(11-18)29-3/h4-7,10-12,16H,8-9,13-15H2,1-3H3,(H3,23,24,25). The van der Waals surface area contributed by atoms with Crippen molar-refractivity contribution in [3.8, 4) is 11.5 Å². The van der Waals surface area contributed by atoms with Gasteiger partial charge >= 0.3 is 0 Å². The zero-order valence-corrected chi connectivity index (χ0v) is 17.4. The second kappa shape index (κ2) is 10.0. The highest BCUT2D eigenvalue weighted by atomic mass is 16.5. The molecule has 1 aliphatic heterocycles. The Hall–Kier alpha value is -2.93. The summed E-state index contributed by atoms with van der Waals surface area (Å²) in [5.41, 5.74) is 9.20. The molecule has 0 aromatic heterocycles. The van der Waals surface area contributed by atoms with Crippen LogP contribution in [0.4, 0.5) is 11.4 Å². The van der Waals surface area contributed by atoms with E-state index in [1.807, 2.05) is 42.5 Å². The zero-order valence-electron chi connectivity index (χ0n) is 17.4. The zero-order chi connectivity index (χ0) is 20.6. The van der Waals surface area contributed by atoms with Crippen LogP contribution in [0.1, 0.15) is 12.0 Å². The van der Waals surface area contributed by atoms with Crippen molar-refractivity contribution in [2.24, 2.45) is 16.6 Å². The SMILES string of the molecule is COCc1ccccc1NC(N)=NCC1CCN(c2cc(OC)cc(OC)c2)C1. The number of hydrogen-bond acceptors (Lipinski definition) is 5. The highest BCUT2D eigenvalue weighted by Crippen LogP contribution is 2.31. The fourth-order valence-corrected chi connectivity index (χ4v) is 3.52. The lowest BCUT2D eigenvalue weighted by Crippen LogP contribution is -2.25. The number of nitrogens with zero attached hydrogens (tertiary/aromatic N) is 2. The van der Waals surface area contributed by atoms with E-state index in [1.54, 1.807) is 21.3 Å². The van der Waals surface area contributed by atoms with Crippen molar-refractivity contribution in [1.82, 2.24) is 0 Å². The van der Waals surface area contributed by atoms with E-state index in [9.17, 15) is 0 Å². The third-order valence-electron chi connectivity index (χ3n) is 5.09. The van der Waals surface area contributed by atoms with Crippen molar-refractivity contribution in [3.05, 3.63) is 48.0 Å². The van der Waals surface area contributed by atoms with Crippen LogP contribution >= 0.6 is 0 Å². The molecule has 1 fully saturated rings. The van der Waals surface area contributed by atoms with Crippen LogP contribution < -0.4 is 25.4 Å². The molecule has 29 heavy (non-hydrogen) atoms. The Morgan fingerprint density at radius 3 is 2.55 bits per heavy atom. The Labute approximate surface area is 172 Å². The molecule has 0 radical (unpaired) electrons. The third kappa shape index (κ3) is 5.54. The molecular weight excluding hydrogens is 368 g/mol. The van der Waals surface area contributed by atoms with E-state index < -0.39 is 0 Å². The third-order valence-corrected chi connectivity index (χ3v) is 5.09. The molecule has 3 N–H and O–H groups in total. The van der Waals surface area contributed by atoms with Gasteiger partial charge in [-0.3, -0.25) is 4.99 Å². The van der Waals surface area contributed by atoms with Gasteiger partial charge in [0.1, 0.15) is 11.5 Å². The maximum Gasteiger partial charge on any atom is 0.193 e. The van der Waals surface area contributed by atoms with Crippen LogP contribution in [0.15, 0.2) is 47.5 Å². The van der Waals surface area contributed by atoms with Gasteiger partial charge in [-0.15, -0.1) is 0 Å². The summed E-state index contributed by atoms with van der Waals surface area (Å²) < 4.78 is 16.0. The van der Waals surface area contributed by atoms with Crippen LogP contribution in [-0.4, -0.2) is 46.9 Å². The molecule has 1 aliphatic rings. The Morgan fingerprint density at radius 1 is 1.14 bits per heavy atom. The first-order valence-electron chi connectivity index (χ1n) is 9.74. The quantitative estimate of drug-likeness (QED) is 0.525. The first-order valence-corrected chi connectivity index (χ1v) is 9.74. The van der Waals surface area contributed by atoms with Gasteiger partial charge in [-0.1, -0.05) is 18.2 Å². The molecule has 2 aromatic rings. The van der Waals surface area contributed by atoms with Crippen molar-refractivity contribution in [1.29, 1.82) is 0 Å². The summed E-state index contributed by atoms with van der Waals surface area (Å²) in [6.07, 6.45) is 1.07. The van der Waals surface area contributed by atoms with Crippen molar-refractivity contribution in [2.75, 3.05) is 51.2 Å². The highest BCUT2D eigenvalue weighted by molar-refractivity contribution is 5.93. The highest BCUT2D eigenvalue weighted by Gasteiger charge is 2.23. The summed E-state index contributed by atoms with van der Waals surface area (Å²) in [4.78, 5) is 6.90. The van der Waals surface area contributed by atoms with Gasteiger partial charge in [0, 0.05) is 61.9 Å². The van der Waals surface area contributed by atoms with E-state index in [4.69, 9.17) is 19.9 Å². The molecule has 0 aliphatic carbocycles. The van der Waals surface area contributed by atoms with Gasteiger partial charge in [-0.25, -0.2) is 0 Å². The number of para-hydroxylation sites is 1. The summed E-state index contributed by atoms with van der Waals surface area (Å²) in [5, 5.41) is 3.19. The number of hydrogen-bond donors (Lipinski definition) is 2. The number of rotatable bonds is 8. The first-order chi connectivity index (χ1) is 14.1. The Morgan fingerprint density at radius 2 is 1.86 bits per heavy atom. The van der Waals surface area contributed by atoms with E-state index in [0.29, 0.717) is 25.0 Å². The molecular formula is C22H30N4O3. The predicted octanol–water partition coefficient (Wildman–Crippen LogP) is 3.10. The fraction of sp³-hybridized carbons (Fsp3) is 0.409. The van der Waals surface area contributed by atoms with Gasteiger partial charge in [0.25, 0.3) is 0 Å². The lowest BCUT2D eigenvalue weighted by molar-refractivity contribution is 0.185. The topological polar surface area (TPSA) is 81.3 Å². The molecule has 1 saturated heterocycles. The number of anilines is 2. The van der Waals surface area contributed by atoms with Crippen LogP contribution in [0, 0.1) is 5.92 Å². The van der Waals surface area contributed by atoms with E-state index >= 15 is 0 Å². The normalized spacial score (nSPS) is 16.7. The van der Waals surface area contributed by atoms with E-state index in [0.717, 1.165) is 47.9 Å². The monoisotopic (exact) mass is 398 g/mol. The summed E-state index contributed by atoms with van der Waals surface area (Å²) in [5.74, 6) is 2.46. The molecule has 1 unspecified atom stereocenters. The second-order valence-corrected chi connectivity index (χ2v) is 7.11. The van der Waals surface area contributed by atoms with Gasteiger partial charge < -0.3 is 30.2 Å². The number of nitrogens with two attached hydrogens (primary N) is 1. The van der Waals surface area contributed by atoms with Gasteiger partial charge in [0.2, 0.25) is 0 Å². The minimum Gasteiger partial charge on any atom is -0.497 e. The minimum absolute atomic E-state index is 0.426. The van der Waals surface area contributed by atoms with Crippen LogP contribution in [0.25, 0.3) is 0 Å². The van der Waals surface area contributed by atoms with E-state index in [-0.39, 0.29) is 0 Å². The summed E-state index contributed by atoms with van der Waals surface area (Å²) in [6, 6.07) is 13.9. The van der Waals surface area contributed by atoms with Gasteiger partial charge in [-0.05, 0) is 18.4 Å². The molecule has 156 valence electrons. The number of guanidine groups is 1. The molecule has 0 spiro atoms.